The van der Waals surface area contributed by atoms with Crippen LogP contribution >= 0.6 is 11.8 Å². The lowest BCUT2D eigenvalue weighted by Gasteiger charge is -2.17. The Bertz CT molecular complexity index is 1030. The zero-order valence-electron chi connectivity index (χ0n) is 15.4. The van der Waals surface area contributed by atoms with Crippen molar-refractivity contribution in [1.82, 2.24) is 14.5 Å². The third-order valence-electron chi connectivity index (χ3n) is 4.28. The Morgan fingerprint density at radius 3 is 2.74 bits per heavy atom. The van der Waals surface area contributed by atoms with Gasteiger partial charge in [-0.15, -0.1) is 0 Å². The molecule has 0 spiro atoms. The van der Waals surface area contributed by atoms with E-state index in [1.54, 1.807) is 4.57 Å². The van der Waals surface area contributed by atoms with Crippen molar-refractivity contribution in [1.29, 1.82) is 0 Å². The van der Waals surface area contributed by atoms with Crippen LogP contribution in [0.25, 0.3) is 11.0 Å². The highest BCUT2D eigenvalue weighted by Crippen LogP contribution is 2.23. The van der Waals surface area contributed by atoms with Gasteiger partial charge in [-0.1, -0.05) is 18.7 Å². The first-order valence-electron chi connectivity index (χ1n) is 8.69. The summed E-state index contributed by atoms with van der Waals surface area (Å²) in [6.07, 6.45) is 0.766. The monoisotopic (exact) mass is 388 g/mol. The van der Waals surface area contributed by atoms with Gasteiger partial charge >= 0.3 is 0 Å². The molecule has 2 N–H and O–H groups in total. The Hall–Kier alpha value is -2.61. The van der Waals surface area contributed by atoms with Gasteiger partial charge in [0.15, 0.2) is 5.16 Å². The molecule has 1 amide bonds. The number of carbonyl (C=O) groups excluding carboxylic acids is 1. The molecule has 0 aliphatic heterocycles. The summed E-state index contributed by atoms with van der Waals surface area (Å²) in [4.78, 5) is 32.7. The maximum Gasteiger partial charge on any atom is 0.278 e. The lowest BCUT2D eigenvalue weighted by atomic mass is 10.2. The van der Waals surface area contributed by atoms with E-state index in [9.17, 15) is 14.0 Å². The summed E-state index contributed by atoms with van der Waals surface area (Å²) in [6, 6.07) is 7.35. The van der Waals surface area contributed by atoms with Gasteiger partial charge in [-0.3, -0.25) is 14.2 Å². The molecule has 0 bridgehead atoms. The molecule has 0 aliphatic carbocycles. The van der Waals surface area contributed by atoms with E-state index in [-0.39, 0.29) is 29.1 Å². The largest absolute Gasteiger partial charge is 0.353 e. The molecule has 0 aliphatic rings. The van der Waals surface area contributed by atoms with Gasteiger partial charge in [-0.2, -0.15) is 0 Å². The third-order valence-corrected chi connectivity index (χ3v) is 5.23. The number of hydrogen-bond acceptors (Lipinski definition) is 4. The molecule has 142 valence electrons. The summed E-state index contributed by atoms with van der Waals surface area (Å²) in [7, 11) is 0. The van der Waals surface area contributed by atoms with E-state index in [4.69, 9.17) is 0 Å². The van der Waals surface area contributed by atoms with Crippen LogP contribution in [0.2, 0.25) is 0 Å². The number of thioether (sulfide) groups is 1. The van der Waals surface area contributed by atoms with Gasteiger partial charge in [0.05, 0.1) is 11.3 Å². The highest BCUT2D eigenvalue weighted by molar-refractivity contribution is 7.99. The molecule has 8 heteroatoms. The van der Waals surface area contributed by atoms with Gasteiger partial charge in [0, 0.05) is 17.4 Å². The van der Waals surface area contributed by atoms with Gasteiger partial charge in [0.25, 0.3) is 5.56 Å². The fraction of sp³-hybridized carbons (Fsp3) is 0.316. The smallest absolute Gasteiger partial charge is 0.278 e. The molecule has 0 unspecified atom stereocenters. The minimum absolute atomic E-state index is 0.0411. The normalized spacial score (nSPS) is 12.3. The minimum Gasteiger partial charge on any atom is -0.353 e. The van der Waals surface area contributed by atoms with Crippen LogP contribution in [-0.2, 0) is 4.79 Å². The molecule has 3 aromatic rings. The molecule has 1 atom stereocenters. The summed E-state index contributed by atoms with van der Waals surface area (Å²) in [5.41, 5.74) is 2.32. The molecule has 0 fully saturated rings. The van der Waals surface area contributed by atoms with E-state index >= 15 is 0 Å². The first-order chi connectivity index (χ1) is 12.9. The van der Waals surface area contributed by atoms with Crippen molar-refractivity contribution >= 4 is 34.4 Å². The molecule has 0 saturated heterocycles. The number of hydrogen-bond donors (Lipinski definition) is 2. The van der Waals surface area contributed by atoms with Crippen LogP contribution in [0, 0.1) is 12.7 Å². The summed E-state index contributed by atoms with van der Waals surface area (Å²) < 4.78 is 14.6. The molecular formula is C19H21FN4O2S. The number of nitrogens with one attached hydrogen (secondary N) is 2. The zero-order chi connectivity index (χ0) is 19.6. The zero-order valence-corrected chi connectivity index (χ0v) is 16.2. The highest BCUT2D eigenvalue weighted by Gasteiger charge is 2.18. The molecule has 27 heavy (non-hydrogen) atoms. The number of aromatic amines is 1. The standard InChI is InChI=1S/C19H21FN4O2S/c1-4-12(3)24-18(26)17-15(9-11(2)21-17)23-19(24)27-10-16(25)22-14-7-5-13(20)6-8-14/h5-9,12,21H,4,10H2,1-3H3,(H,22,25)/t12-/m0/s1. The van der Waals surface area contributed by atoms with Gasteiger partial charge in [0.1, 0.15) is 11.3 Å². The van der Waals surface area contributed by atoms with Crippen LogP contribution in [0.3, 0.4) is 0 Å². The van der Waals surface area contributed by atoms with Gasteiger partial charge in [-0.05, 0) is 50.6 Å². The molecule has 3 rings (SSSR count). The van der Waals surface area contributed by atoms with Crippen LogP contribution in [-0.4, -0.2) is 26.2 Å². The molecular weight excluding hydrogens is 367 g/mol. The topological polar surface area (TPSA) is 79.8 Å². The molecule has 0 saturated carbocycles. The Labute approximate surface area is 160 Å². The Morgan fingerprint density at radius 1 is 1.37 bits per heavy atom. The Morgan fingerprint density at radius 2 is 2.07 bits per heavy atom. The fourth-order valence-corrected chi connectivity index (χ4v) is 3.62. The number of H-pyrrole nitrogens is 1. The molecule has 0 radical (unpaired) electrons. The molecule has 2 heterocycles. The van der Waals surface area contributed by atoms with E-state index in [1.807, 2.05) is 26.8 Å². The lowest BCUT2D eigenvalue weighted by Crippen LogP contribution is -2.26. The maximum absolute atomic E-state index is 13.0. The van der Waals surface area contributed by atoms with Crippen LogP contribution in [0.1, 0.15) is 32.0 Å². The molecule has 1 aromatic carbocycles. The van der Waals surface area contributed by atoms with Crippen molar-refractivity contribution in [2.75, 3.05) is 11.1 Å². The lowest BCUT2D eigenvalue weighted by molar-refractivity contribution is -0.113. The van der Waals surface area contributed by atoms with Crippen LogP contribution in [0.15, 0.2) is 40.3 Å². The highest BCUT2D eigenvalue weighted by atomic mass is 32.2. The van der Waals surface area contributed by atoms with Gasteiger partial charge in [0.2, 0.25) is 5.91 Å². The predicted octanol–water partition coefficient (Wildman–Crippen LogP) is 3.87. The van der Waals surface area contributed by atoms with Crippen LogP contribution in [0.4, 0.5) is 10.1 Å². The van der Waals surface area contributed by atoms with Crippen LogP contribution in [0.5, 0.6) is 0 Å². The minimum atomic E-state index is -0.362. The van der Waals surface area contributed by atoms with Crippen molar-refractivity contribution in [3.63, 3.8) is 0 Å². The first kappa shape index (κ1) is 19.2. The van der Waals surface area contributed by atoms with E-state index in [1.165, 1.54) is 36.0 Å². The van der Waals surface area contributed by atoms with Crippen molar-refractivity contribution < 1.29 is 9.18 Å². The average molecular weight is 388 g/mol. The molecule has 2 aromatic heterocycles. The summed E-state index contributed by atoms with van der Waals surface area (Å²) in [6.45, 7) is 5.82. The summed E-state index contributed by atoms with van der Waals surface area (Å²) in [5, 5.41) is 3.22. The van der Waals surface area contributed by atoms with E-state index in [0.717, 1.165) is 12.1 Å². The average Bonchev–Trinajstić information content (AvgIpc) is 3.02. The van der Waals surface area contributed by atoms with Crippen molar-refractivity contribution in [2.45, 2.75) is 38.4 Å². The fourth-order valence-electron chi connectivity index (χ4n) is 2.72. The number of nitrogens with zero attached hydrogens (tertiary/aromatic N) is 2. The second-order valence-electron chi connectivity index (χ2n) is 6.38. The number of rotatable bonds is 6. The number of halogens is 1. The third kappa shape index (κ3) is 4.21. The van der Waals surface area contributed by atoms with Crippen molar-refractivity contribution in [3.8, 4) is 0 Å². The van der Waals surface area contributed by atoms with Crippen molar-refractivity contribution in [2.24, 2.45) is 0 Å². The Balaban J connectivity index is 1.83. The van der Waals surface area contributed by atoms with E-state index < -0.39 is 0 Å². The van der Waals surface area contributed by atoms with Crippen molar-refractivity contribution in [3.05, 3.63) is 52.2 Å². The maximum atomic E-state index is 13.0. The van der Waals surface area contributed by atoms with E-state index in [2.05, 4.69) is 15.3 Å². The van der Waals surface area contributed by atoms with Gasteiger partial charge in [-0.25, -0.2) is 9.37 Å². The first-order valence-corrected chi connectivity index (χ1v) is 9.67. The predicted molar refractivity (Wildman–Crippen MR) is 106 cm³/mol. The van der Waals surface area contributed by atoms with E-state index in [0.29, 0.717) is 21.9 Å². The quantitative estimate of drug-likeness (QED) is 0.496. The number of anilines is 1. The van der Waals surface area contributed by atoms with Crippen LogP contribution < -0.4 is 10.9 Å². The summed E-state index contributed by atoms with van der Waals surface area (Å²) in [5.74, 6) is -0.518. The second-order valence-corrected chi connectivity index (χ2v) is 7.33. The SMILES string of the molecule is CC[C@H](C)n1c(SCC(=O)Nc2ccc(F)cc2)nc2cc(C)[nH]c2c1=O. The number of amides is 1. The summed E-state index contributed by atoms with van der Waals surface area (Å²) >= 11 is 1.21. The number of benzene rings is 1. The number of carbonyl (C=O) groups is 1. The number of aromatic nitrogens is 3. The molecule has 6 nitrogen and oxygen atoms in total. The van der Waals surface area contributed by atoms with Gasteiger partial charge < -0.3 is 10.3 Å². The second kappa shape index (κ2) is 7.96. The Kier molecular flexibility index (Phi) is 5.65. The number of aryl methyl sites for hydroxylation is 1. The number of fused-ring (bicyclic) bond motifs is 1.